The SMILES string of the molecule is CCOc1cc(C(C#N)C(C#N)C#N)ccc1OCc1cn(Cc2ccccc2)nn1. The first-order valence-corrected chi connectivity index (χ1v) is 9.69. The maximum Gasteiger partial charge on any atom is 0.161 e. The molecule has 0 spiro atoms. The largest absolute Gasteiger partial charge is 0.490 e. The fourth-order valence-corrected chi connectivity index (χ4v) is 3.03. The minimum absolute atomic E-state index is 0.189. The first-order chi connectivity index (χ1) is 15.2. The Morgan fingerprint density at radius 3 is 2.42 bits per heavy atom. The number of nitrogens with zero attached hydrogens (tertiary/aromatic N) is 6. The normalized spacial score (nSPS) is 11.2. The molecule has 0 radical (unpaired) electrons. The number of aromatic nitrogens is 3. The van der Waals surface area contributed by atoms with Crippen LogP contribution in [0.2, 0.25) is 0 Å². The van der Waals surface area contributed by atoms with Crippen LogP contribution in [0.25, 0.3) is 0 Å². The first kappa shape index (κ1) is 21.4. The van der Waals surface area contributed by atoms with Gasteiger partial charge in [0.1, 0.15) is 18.2 Å². The molecule has 31 heavy (non-hydrogen) atoms. The van der Waals surface area contributed by atoms with E-state index in [2.05, 4.69) is 10.3 Å². The van der Waals surface area contributed by atoms with Crippen molar-refractivity contribution in [3.05, 3.63) is 71.5 Å². The van der Waals surface area contributed by atoms with Crippen molar-refractivity contribution < 1.29 is 9.47 Å². The highest BCUT2D eigenvalue weighted by Crippen LogP contribution is 2.34. The van der Waals surface area contributed by atoms with E-state index in [9.17, 15) is 5.26 Å². The van der Waals surface area contributed by atoms with E-state index >= 15 is 0 Å². The van der Waals surface area contributed by atoms with E-state index in [4.69, 9.17) is 20.0 Å². The Labute approximate surface area is 180 Å². The summed E-state index contributed by atoms with van der Waals surface area (Å²) < 4.78 is 13.3. The third kappa shape index (κ3) is 5.38. The highest BCUT2D eigenvalue weighted by Gasteiger charge is 2.24. The van der Waals surface area contributed by atoms with Crippen LogP contribution in [0.4, 0.5) is 0 Å². The lowest BCUT2D eigenvalue weighted by Crippen LogP contribution is -2.08. The van der Waals surface area contributed by atoms with E-state index in [0.717, 1.165) is 5.56 Å². The standard InChI is InChI=1S/C23H20N6O2/c1-2-30-23-10-18(21(13-26)19(11-24)12-25)8-9-22(23)31-16-20-15-29(28-27-20)14-17-6-4-3-5-7-17/h3-10,15,19,21H,2,14,16H2,1H3. The van der Waals surface area contributed by atoms with Crippen LogP contribution in [0.1, 0.15) is 29.7 Å². The summed E-state index contributed by atoms with van der Waals surface area (Å²) in [6, 6.07) is 20.7. The maximum absolute atomic E-state index is 9.42. The lowest BCUT2D eigenvalue weighted by Gasteiger charge is -2.15. The van der Waals surface area contributed by atoms with Gasteiger partial charge in [-0.05, 0) is 30.2 Å². The molecule has 0 aliphatic heterocycles. The summed E-state index contributed by atoms with van der Waals surface area (Å²) in [5, 5.41) is 35.9. The number of nitriles is 3. The Hall–Kier alpha value is -4.35. The summed E-state index contributed by atoms with van der Waals surface area (Å²) in [6.07, 6.45) is 1.82. The van der Waals surface area contributed by atoms with Gasteiger partial charge in [-0.25, -0.2) is 4.68 Å². The molecular formula is C23H20N6O2. The minimum Gasteiger partial charge on any atom is -0.490 e. The zero-order valence-corrected chi connectivity index (χ0v) is 17.0. The van der Waals surface area contributed by atoms with Gasteiger partial charge >= 0.3 is 0 Å². The summed E-state index contributed by atoms with van der Waals surface area (Å²) >= 11 is 0. The average molecular weight is 412 g/mol. The third-order valence-corrected chi connectivity index (χ3v) is 4.53. The Kier molecular flexibility index (Phi) is 7.19. The second-order valence-electron chi connectivity index (χ2n) is 6.66. The quantitative estimate of drug-likeness (QED) is 0.526. The molecule has 0 aliphatic rings. The fraction of sp³-hybridized carbons (Fsp3) is 0.261. The Morgan fingerprint density at radius 2 is 1.74 bits per heavy atom. The van der Waals surface area contributed by atoms with Crippen LogP contribution in [0.5, 0.6) is 11.5 Å². The zero-order valence-electron chi connectivity index (χ0n) is 17.0. The van der Waals surface area contributed by atoms with E-state index < -0.39 is 11.8 Å². The Morgan fingerprint density at radius 1 is 0.968 bits per heavy atom. The molecule has 0 N–H and O–H groups in total. The summed E-state index contributed by atoms with van der Waals surface area (Å²) in [7, 11) is 0. The molecule has 0 saturated carbocycles. The van der Waals surface area contributed by atoms with Crippen LogP contribution >= 0.6 is 0 Å². The lowest BCUT2D eigenvalue weighted by atomic mass is 9.89. The topological polar surface area (TPSA) is 121 Å². The lowest BCUT2D eigenvalue weighted by molar-refractivity contribution is 0.266. The van der Waals surface area contributed by atoms with Crippen LogP contribution in [-0.2, 0) is 13.2 Å². The van der Waals surface area contributed by atoms with E-state index in [1.54, 1.807) is 22.9 Å². The number of hydrogen-bond donors (Lipinski definition) is 0. The Bertz CT molecular complexity index is 1120. The molecule has 3 rings (SSSR count). The molecule has 0 bridgehead atoms. The molecule has 1 heterocycles. The molecule has 0 fully saturated rings. The molecule has 154 valence electrons. The number of hydrogen-bond acceptors (Lipinski definition) is 7. The van der Waals surface area contributed by atoms with Gasteiger partial charge in [-0.2, -0.15) is 15.8 Å². The summed E-state index contributed by atoms with van der Waals surface area (Å²) in [5.74, 6) is -1.02. The monoisotopic (exact) mass is 412 g/mol. The van der Waals surface area contributed by atoms with Crippen LogP contribution in [0.15, 0.2) is 54.7 Å². The molecule has 0 aliphatic carbocycles. The van der Waals surface area contributed by atoms with Gasteiger partial charge in [-0.3, -0.25) is 0 Å². The van der Waals surface area contributed by atoms with Gasteiger partial charge in [0.05, 0.1) is 37.6 Å². The predicted octanol–water partition coefficient (Wildman–Crippen LogP) is 3.57. The fourth-order valence-electron chi connectivity index (χ4n) is 3.03. The van der Waals surface area contributed by atoms with Gasteiger partial charge in [-0.15, -0.1) is 5.10 Å². The maximum atomic E-state index is 9.42. The van der Waals surface area contributed by atoms with Crippen molar-refractivity contribution in [2.24, 2.45) is 5.92 Å². The van der Waals surface area contributed by atoms with E-state index in [0.29, 0.717) is 35.9 Å². The average Bonchev–Trinajstić information content (AvgIpc) is 3.24. The van der Waals surface area contributed by atoms with Crippen molar-refractivity contribution >= 4 is 0 Å². The van der Waals surface area contributed by atoms with E-state index in [1.807, 2.05) is 61.7 Å². The molecule has 1 aromatic heterocycles. The second-order valence-corrected chi connectivity index (χ2v) is 6.66. The molecule has 3 aromatic rings. The van der Waals surface area contributed by atoms with Crippen molar-refractivity contribution in [2.75, 3.05) is 6.61 Å². The predicted molar refractivity (Wildman–Crippen MR) is 111 cm³/mol. The smallest absolute Gasteiger partial charge is 0.161 e. The second kappa shape index (κ2) is 10.4. The molecule has 8 heteroatoms. The van der Waals surface area contributed by atoms with Gasteiger partial charge in [0.2, 0.25) is 0 Å². The van der Waals surface area contributed by atoms with Crippen molar-refractivity contribution in [3.63, 3.8) is 0 Å². The minimum atomic E-state index is -1.06. The molecule has 8 nitrogen and oxygen atoms in total. The van der Waals surface area contributed by atoms with Gasteiger partial charge in [0.25, 0.3) is 0 Å². The van der Waals surface area contributed by atoms with Crippen molar-refractivity contribution in [1.29, 1.82) is 15.8 Å². The van der Waals surface area contributed by atoms with Gasteiger partial charge in [0.15, 0.2) is 17.4 Å². The van der Waals surface area contributed by atoms with Gasteiger partial charge in [0, 0.05) is 0 Å². The highest BCUT2D eigenvalue weighted by molar-refractivity contribution is 5.46. The highest BCUT2D eigenvalue weighted by atomic mass is 16.5. The summed E-state index contributed by atoms with van der Waals surface area (Å²) in [6.45, 7) is 3.03. The van der Waals surface area contributed by atoms with Gasteiger partial charge in [-0.1, -0.05) is 41.6 Å². The van der Waals surface area contributed by atoms with Crippen LogP contribution in [0.3, 0.4) is 0 Å². The van der Waals surface area contributed by atoms with Gasteiger partial charge < -0.3 is 9.47 Å². The third-order valence-electron chi connectivity index (χ3n) is 4.53. The van der Waals surface area contributed by atoms with Crippen molar-refractivity contribution in [1.82, 2.24) is 15.0 Å². The molecule has 1 atom stereocenters. The molecule has 2 aromatic carbocycles. The Balaban J connectivity index is 1.72. The van der Waals surface area contributed by atoms with Crippen molar-refractivity contribution in [3.8, 4) is 29.7 Å². The van der Waals surface area contributed by atoms with Crippen LogP contribution < -0.4 is 9.47 Å². The number of ether oxygens (including phenoxy) is 2. The number of rotatable bonds is 9. The molecule has 1 unspecified atom stereocenters. The first-order valence-electron chi connectivity index (χ1n) is 9.69. The summed E-state index contributed by atoms with van der Waals surface area (Å²) in [4.78, 5) is 0. The molecule has 0 saturated heterocycles. The molecule has 0 amide bonds. The van der Waals surface area contributed by atoms with E-state index in [-0.39, 0.29) is 6.61 Å². The van der Waals surface area contributed by atoms with E-state index in [1.165, 1.54) is 0 Å². The number of benzene rings is 2. The summed E-state index contributed by atoms with van der Waals surface area (Å²) in [5.41, 5.74) is 2.31. The van der Waals surface area contributed by atoms with Crippen LogP contribution in [-0.4, -0.2) is 21.6 Å². The van der Waals surface area contributed by atoms with Crippen LogP contribution in [0, 0.1) is 39.9 Å². The molecular weight excluding hydrogens is 392 g/mol. The van der Waals surface area contributed by atoms with Crippen molar-refractivity contribution in [2.45, 2.75) is 26.0 Å². The zero-order chi connectivity index (χ0) is 22.1.